The second-order valence-corrected chi connectivity index (χ2v) is 3.45. The van der Waals surface area contributed by atoms with E-state index in [1.54, 1.807) is 10.9 Å². The number of carbonyl (C=O) groups is 1. The van der Waals surface area contributed by atoms with Gasteiger partial charge in [0, 0.05) is 5.38 Å². The van der Waals surface area contributed by atoms with Gasteiger partial charge in [0.2, 0.25) is 5.95 Å². The van der Waals surface area contributed by atoms with E-state index in [0.717, 1.165) is 0 Å². The van der Waals surface area contributed by atoms with E-state index in [1.165, 1.54) is 11.3 Å². The number of thiazole rings is 1. The van der Waals surface area contributed by atoms with Crippen molar-refractivity contribution in [2.45, 2.75) is 6.92 Å². The van der Waals surface area contributed by atoms with E-state index >= 15 is 0 Å². The minimum absolute atomic E-state index is 0.205. The van der Waals surface area contributed by atoms with Gasteiger partial charge in [0.25, 0.3) is 5.91 Å². The van der Waals surface area contributed by atoms with Gasteiger partial charge in [-0.2, -0.15) is 4.98 Å². The van der Waals surface area contributed by atoms with E-state index < -0.39 is 0 Å². The van der Waals surface area contributed by atoms with Crippen molar-refractivity contribution in [1.29, 1.82) is 0 Å². The fourth-order valence-electron chi connectivity index (χ4n) is 0.992. The van der Waals surface area contributed by atoms with Gasteiger partial charge in [-0.05, 0) is 6.92 Å². The Kier molecular flexibility index (Phi) is 3.10. The van der Waals surface area contributed by atoms with Crippen LogP contribution < -0.4 is 10.1 Å². The molecule has 0 saturated heterocycles. The van der Waals surface area contributed by atoms with Gasteiger partial charge < -0.3 is 4.74 Å². The molecule has 84 valence electrons. The number of H-pyrrole nitrogens is 1. The van der Waals surface area contributed by atoms with Crippen molar-refractivity contribution in [3.8, 4) is 6.01 Å². The molecule has 2 aromatic rings. The molecule has 2 rings (SSSR count). The van der Waals surface area contributed by atoms with Crippen molar-refractivity contribution in [2.24, 2.45) is 0 Å². The molecular weight excluding hydrogens is 230 g/mol. The lowest BCUT2D eigenvalue weighted by molar-refractivity contribution is 0.102. The zero-order chi connectivity index (χ0) is 11.4. The Morgan fingerprint density at radius 2 is 2.56 bits per heavy atom. The number of carbonyl (C=O) groups excluding carboxylic acids is 1. The highest BCUT2D eigenvalue weighted by atomic mass is 32.1. The van der Waals surface area contributed by atoms with Gasteiger partial charge >= 0.3 is 6.01 Å². The second kappa shape index (κ2) is 4.71. The first-order valence-electron chi connectivity index (χ1n) is 4.54. The van der Waals surface area contributed by atoms with E-state index in [4.69, 9.17) is 4.74 Å². The van der Waals surface area contributed by atoms with Crippen LogP contribution in [-0.2, 0) is 0 Å². The average molecular weight is 239 g/mol. The zero-order valence-corrected chi connectivity index (χ0v) is 9.24. The first-order chi connectivity index (χ1) is 7.79. The van der Waals surface area contributed by atoms with Crippen LogP contribution >= 0.6 is 11.3 Å². The third kappa shape index (κ3) is 2.34. The Balaban J connectivity index is 2.01. The molecule has 0 aliphatic carbocycles. The number of rotatable bonds is 4. The standard InChI is InChI=1S/C8H9N5O2S/c1-2-15-8-11-7(12-13-8)10-6(14)5-3-16-4-9-5/h3-4H,2H2,1H3,(H2,10,11,12,13,14). The third-order valence-electron chi connectivity index (χ3n) is 1.64. The molecule has 1 amide bonds. The maximum Gasteiger partial charge on any atom is 0.337 e. The molecule has 0 aliphatic rings. The summed E-state index contributed by atoms with van der Waals surface area (Å²) in [6.45, 7) is 2.29. The molecule has 0 unspecified atom stereocenters. The maximum atomic E-state index is 11.5. The molecule has 0 aromatic carbocycles. The molecule has 7 nitrogen and oxygen atoms in total. The predicted molar refractivity (Wildman–Crippen MR) is 57.6 cm³/mol. The normalized spacial score (nSPS) is 10.1. The molecule has 0 saturated carbocycles. The quantitative estimate of drug-likeness (QED) is 0.827. The highest BCUT2D eigenvalue weighted by Gasteiger charge is 2.11. The number of ether oxygens (including phenoxy) is 1. The monoisotopic (exact) mass is 239 g/mol. The molecule has 0 bridgehead atoms. The molecular formula is C8H9N5O2S. The summed E-state index contributed by atoms with van der Waals surface area (Å²) >= 11 is 1.35. The number of anilines is 1. The number of hydrogen-bond donors (Lipinski definition) is 2. The second-order valence-electron chi connectivity index (χ2n) is 2.73. The zero-order valence-electron chi connectivity index (χ0n) is 8.43. The van der Waals surface area contributed by atoms with Gasteiger partial charge in [-0.3, -0.25) is 10.1 Å². The molecule has 2 aromatic heterocycles. The highest BCUT2D eigenvalue weighted by molar-refractivity contribution is 7.07. The Labute approximate surface area is 94.9 Å². The van der Waals surface area contributed by atoms with E-state index in [1.807, 2.05) is 6.92 Å². The van der Waals surface area contributed by atoms with Crippen LogP contribution in [0.3, 0.4) is 0 Å². The Bertz CT molecular complexity index is 466. The van der Waals surface area contributed by atoms with Crippen LogP contribution in [0.25, 0.3) is 0 Å². The highest BCUT2D eigenvalue weighted by Crippen LogP contribution is 2.08. The molecule has 0 radical (unpaired) electrons. The Morgan fingerprint density at radius 3 is 3.25 bits per heavy atom. The molecule has 0 aliphatic heterocycles. The largest absolute Gasteiger partial charge is 0.463 e. The van der Waals surface area contributed by atoms with Crippen molar-refractivity contribution in [1.82, 2.24) is 20.2 Å². The van der Waals surface area contributed by atoms with Crippen LogP contribution in [0.4, 0.5) is 5.95 Å². The topological polar surface area (TPSA) is 92.8 Å². The number of aromatic amines is 1. The number of aromatic nitrogens is 4. The third-order valence-corrected chi connectivity index (χ3v) is 2.22. The van der Waals surface area contributed by atoms with Crippen LogP contribution in [0.15, 0.2) is 10.9 Å². The van der Waals surface area contributed by atoms with Gasteiger partial charge in [0.05, 0.1) is 12.1 Å². The van der Waals surface area contributed by atoms with E-state index in [0.29, 0.717) is 12.3 Å². The number of hydrogen-bond acceptors (Lipinski definition) is 6. The van der Waals surface area contributed by atoms with Crippen molar-refractivity contribution >= 4 is 23.2 Å². The van der Waals surface area contributed by atoms with Crippen LogP contribution in [0.5, 0.6) is 6.01 Å². The van der Waals surface area contributed by atoms with Crippen molar-refractivity contribution in [3.05, 3.63) is 16.6 Å². The van der Waals surface area contributed by atoms with Crippen molar-refractivity contribution < 1.29 is 9.53 Å². The summed E-state index contributed by atoms with van der Waals surface area (Å²) in [7, 11) is 0. The lowest BCUT2D eigenvalue weighted by atomic mass is 10.5. The summed E-state index contributed by atoms with van der Waals surface area (Å²) in [6, 6.07) is 0.205. The molecule has 16 heavy (non-hydrogen) atoms. The van der Waals surface area contributed by atoms with Gasteiger partial charge in [-0.15, -0.1) is 16.4 Å². The Morgan fingerprint density at radius 1 is 1.69 bits per heavy atom. The molecule has 2 N–H and O–H groups in total. The summed E-state index contributed by atoms with van der Waals surface area (Å²) in [4.78, 5) is 19.3. The molecule has 8 heteroatoms. The van der Waals surface area contributed by atoms with E-state index in [-0.39, 0.29) is 17.9 Å². The van der Waals surface area contributed by atoms with Gasteiger partial charge in [0.1, 0.15) is 5.69 Å². The summed E-state index contributed by atoms with van der Waals surface area (Å²) in [5.41, 5.74) is 1.93. The molecule has 0 spiro atoms. The smallest absolute Gasteiger partial charge is 0.337 e. The Hall–Kier alpha value is -1.96. The molecule has 0 fully saturated rings. The van der Waals surface area contributed by atoms with Gasteiger partial charge in [-0.1, -0.05) is 0 Å². The van der Waals surface area contributed by atoms with Gasteiger partial charge in [0.15, 0.2) is 0 Å². The lowest BCUT2D eigenvalue weighted by Crippen LogP contribution is -2.13. The van der Waals surface area contributed by atoms with Crippen LogP contribution in [0, 0.1) is 0 Å². The fourth-order valence-corrected chi connectivity index (χ4v) is 1.52. The lowest BCUT2D eigenvalue weighted by Gasteiger charge is -1.96. The average Bonchev–Trinajstić information content (AvgIpc) is 2.89. The number of nitrogens with one attached hydrogen (secondary N) is 2. The summed E-state index contributed by atoms with van der Waals surface area (Å²) < 4.78 is 5.04. The molecule has 2 heterocycles. The predicted octanol–water partition coefficient (Wildman–Crippen LogP) is 0.912. The van der Waals surface area contributed by atoms with E-state index in [9.17, 15) is 4.79 Å². The number of nitrogens with zero attached hydrogens (tertiary/aromatic N) is 3. The minimum atomic E-state index is -0.333. The first-order valence-corrected chi connectivity index (χ1v) is 5.48. The number of amides is 1. The molecule has 0 atom stereocenters. The van der Waals surface area contributed by atoms with Crippen LogP contribution in [-0.4, -0.2) is 32.7 Å². The SMILES string of the molecule is CCOc1n[nH]c(NC(=O)c2cscn2)n1. The van der Waals surface area contributed by atoms with Crippen LogP contribution in [0.1, 0.15) is 17.4 Å². The van der Waals surface area contributed by atoms with E-state index in [2.05, 4.69) is 25.5 Å². The van der Waals surface area contributed by atoms with Crippen LogP contribution in [0.2, 0.25) is 0 Å². The van der Waals surface area contributed by atoms with Crippen molar-refractivity contribution in [2.75, 3.05) is 11.9 Å². The summed E-state index contributed by atoms with van der Waals surface area (Å²) in [5, 5.41) is 10.5. The first kappa shape index (κ1) is 10.6. The fraction of sp³-hybridized carbons (Fsp3) is 0.250. The summed E-state index contributed by atoms with van der Waals surface area (Å²) in [6.07, 6.45) is 0. The minimum Gasteiger partial charge on any atom is -0.463 e. The van der Waals surface area contributed by atoms with Gasteiger partial charge in [-0.25, -0.2) is 10.1 Å². The maximum absolute atomic E-state index is 11.5. The summed E-state index contributed by atoms with van der Waals surface area (Å²) in [5.74, 6) is -0.0955. The van der Waals surface area contributed by atoms with Crippen molar-refractivity contribution in [3.63, 3.8) is 0 Å².